The lowest BCUT2D eigenvalue weighted by molar-refractivity contribution is 0.836. The Morgan fingerprint density at radius 1 is 1.14 bits per heavy atom. The third kappa shape index (κ3) is 2.05. The maximum absolute atomic E-state index is 9.57. The van der Waals surface area contributed by atoms with Gasteiger partial charge in [-0.25, -0.2) is 4.98 Å². The Morgan fingerprint density at radius 2 is 1.95 bits per heavy atom. The zero-order chi connectivity index (χ0) is 14.8. The Balaban J connectivity index is 2.30. The zero-order valence-electron chi connectivity index (χ0n) is 12.0. The van der Waals surface area contributed by atoms with Crippen molar-refractivity contribution in [2.75, 3.05) is 0 Å². The molecule has 0 bridgehead atoms. The lowest BCUT2D eigenvalue weighted by Gasteiger charge is -2.11. The van der Waals surface area contributed by atoms with E-state index in [4.69, 9.17) is 0 Å². The summed E-state index contributed by atoms with van der Waals surface area (Å²) in [6.45, 7) is 4.06. The predicted octanol–water partition coefficient (Wildman–Crippen LogP) is 2.81. The van der Waals surface area contributed by atoms with Gasteiger partial charge in [-0.15, -0.1) is 5.10 Å². The third-order valence-corrected chi connectivity index (χ3v) is 3.62. The smallest absolute Gasteiger partial charge is 0.179 e. The number of fused-ring (bicyclic) bond motifs is 1. The lowest BCUT2D eigenvalue weighted by atomic mass is 10.0. The van der Waals surface area contributed by atoms with Crippen molar-refractivity contribution >= 4 is 11.0 Å². The third-order valence-electron chi connectivity index (χ3n) is 3.62. The van der Waals surface area contributed by atoms with Crippen LogP contribution in [0.25, 0.3) is 16.9 Å². The molecule has 21 heavy (non-hydrogen) atoms. The molecule has 0 atom stereocenters. The standard InChI is InChI=1S/C16H15N5/c1-3-11-12(9-17)16(20-19-13(11)4-2)21-10-18-14-7-5-6-8-15(14)21/h5-8,10H,3-4H2,1-2H3. The molecule has 0 saturated carbocycles. The van der Waals surface area contributed by atoms with Crippen molar-refractivity contribution in [1.82, 2.24) is 19.7 Å². The molecule has 0 amide bonds. The Labute approximate surface area is 122 Å². The van der Waals surface area contributed by atoms with Gasteiger partial charge >= 0.3 is 0 Å². The number of aromatic nitrogens is 4. The van der Waals surface area contributed by atoms with Gasteiger partial charge in [-0.2, -0.15) is 10.4 Å². The molecule has 0 radical (unpaired) electrons. The molecule has 0 N–H and O–H groups in total. The molecule has 0 aliphatic rings. The molecule has 1 aromatic carbocycles. The van der Waals surface area contributed by atoms with Crippen molar-refractivity contribution < 1.29 is 0 Å². The van der Waals surface area contributed by atoms with Gasteiger partial charge in [-0.3, -0.25) is 4.57 Å². The number of hydrogen-bond acceptors (Lipinski definition) is 4. The van der Waals surface area contributed by atoms with Gasteiger partial charge in [0.25, 0.3) is 0 Å². The van der Waals surface area contributed by atoms with Gasteiger partial charge in [-0.05, 0) is 30.5 Å². The summed E-state index contributed by atoms with van der Waals surface area (Å²) < 4.78 is 1.83. The first-order valence-corrected chi connectivity index (χ1v) is 7.01. The first kappa shape index (κ1) is 13.3. The van der Waals surface area contributed by atoms with Crippen LogP contribution in [0.2, 0.25) is 0 Å². The molecular weight excluding hydrogens is 262 g/mol. The molecular formula is C16H15N5. The molecule has 3 rings (SSSR count). The van der Waals surface area contributed by atoms with Gasteiger partial charge in [0, 0.05) is 0 Å². The summed E-state index contributed by atoms with van der Waals surface area (Å²) in [6, 6.07) is 10.1. The van der Waals surface area contributed by atoms with Crippen LogP contribution in [0.5, 0.6) is 0 Å². The van der Waals surface area contributed by atoms with Crippen molar-refractivity contribution in [3.63, 3.8) is 0 Å². The molecule has 5 nitrogen and oxygen atoms in total. The number of nitrogens with zero attached hydrogens (tertiary/aromatic N) is 5. The van der Waals surface area contributed by atoms with Gasteiger partial charge in [0.05, 0.1) is 16.7 Å². The highest BCUT2D eigenvalue weighted by atomic mass is 15.2. The minimum atomic E-state index is 0.556. The van der Waals surface area contributed by atoms with Crippen molar-refractivity contribution in [2.24, 2.45) is 0 Å². The van der Waals surface area contributed by atoms with Crippen LogP contribution in [0.3, 0.4) is 0 Å². The fraction of sp³-hybridized carbons (Fsp3) is 0.250. The second-order valence-corrected chi connectivity index (χ2v) is 4.75. The molecule has 3 aromatic rings. The van der Waals surface area contributed by atoms with Crippen molar-refractivity contribution in [1.29, 1.82) is 5.26 Å². The van der Waals surface area contributed by atoms with Gasteiger partial charge in [-0.1, -0.05) is 26.0 Å². The molecule has 0 unspecified atom stereocenters. The normalized spacial score (nSPS) is 10.7. The number of rotatable bonds is 3. The van der Waals surface area contributed by atoms with E-state index in [0.29, 0.717) is 11.4 Å². The van der Waals surface area contributed by atoms with E-state index in [9.17, 15) is 5.26 Å². The van der Waals surface area contributed by atoms with Crippen LogP contribution < -0.4 is 0 Å². The maximum Gasteiger partial charge on any atom is 0.179 e. The quantitative estimate of drug-likeness (QED) is 0.738. The zero-order valence-corrected chi connectivity index (χ0v) is 12.0. The molecule has 0 fully saturated rings. The summed E-state index contributed by atoms with van der Waals surface area (Å²) in [6.07, 6.45) is 3.23. The molecule has 2 aromatic heterocycles. The van der Waals surface area contributed by atoms with Crippen LogP contribution in [-0.2, 0) is 12.8 Å². The van der Waals surface area contributed by atoms with E-state index in [-0.39, 0.29) is 0 Å². The van der Waals surface area contributed by atoms with Crippen LogP contribution >= 0.6 is 0 Å². The van der Waals surface area contributed by atoms with Crippen LogP contribution in [0.4, 0.5) is 0 Å². The van der Waals surface area contributed by atoms with E-state index in [1.807, 2.05) is 42.7 Å². The summed E-state index contributed by atoms with van der Waals surface area (Å²) in [5.74, 6) is 0.556. The van der Waals surface area contributed by atoms with Crippen LogP contribution in [0.1, 0.15) is 30.7 Å². The van der Waals surface area contributed by atoms with E-state index in [1.54, 1.807) is 6.33 Å². The lowest BCUT2D eigenvalue weighted by Crippen LogP contribution is -2.09. The Morgan fingerprint density at radius 3 is 2.67 bits per heavy atom. The molecule has 104 valence electrons. The van der Waals surface area contributed by atoms with E-state index >= 15 is 0 Å². The highest BCUT2D eigenvalue weighted by Gasteiger charge is 2.17. The fourth-order valence-corrected chi connectivity index (χ4v) is 2.58. The first-order chi connectivity index (χ1) is 10.3. The second kappa shape index (κ2) is 5.33. The van der Waals surface area contributed by atoms with Crippen molar-refractivity contribution in [3.05, 3.63) is 47.4 Å². The summed E-state index contributed by atoms with van der Waals surface area (Å²) in [7, 11) is 0. The van der Waals surface area contributed by atoms with E-state index in [2.05, 4.69) is 21.3 Å². The number of nitriles is 1. The average Bonchev–Trinajstić information content (AvgIpc) is 2.97. The Bertz CT molecular complexity index is 841. The highest BCUT2D eigenvalue weighted by molar-refractivity contribution is 5.77. The summed E-state index contributed by atoms with van der Waals surface area (Å²) in [5, 5.41) is 18.1. The molecule has 5 heteroatoms. The largest absolute Gasteiger partial charge is 0.280 e. The minimum Gasteiger partial charge on any atom is -0.280 e. The van der Waals surface area contributed by atoms with E-state index < -0.39 is 0 Å². The Hall–Kier alpha value is -2.74. The number of benzene rings is 1. The highest BCUT2D eigenvalue weighted by Crippen LogP contribution is 2.22. The SMILES string of the molecule is CCc1nnc(-n2cnc3ccccc32)c(C#N)c1CC. The molecule has 0 saturated heterocycles. The number of hydrogen-bond donors (Lipinski definition) is 0. The summed E-state index contributed by atoms with van der Waals surface area (Å²) >= 11 is 0. The molecule has 2 heterocycles. The molecule has 0 aliphatic heterocycles. The minimum absolute atomic E-state index is 0.556. The van der Waals surface area contributed by atoms with Crippen molar-refractivity contribution in [2.45, 2.75) is 26.7 Å². The molecule has 0 aliphatic carbocycles. The van der Waals surface area contributed by atoms with Gasteiger partial charge in [0.2, 0.25) is 0 Å². The van der Waals surface area contributed by atoms with Gasteiger partial charge < -0.3 is 0 Å². The number of para-hydroxylation sites is 2. The monoisotopic (exact) mass is 277 g/mol. The van der Waals surface area contributed by atoms with Gasteiger partial charge in [0.15, 0.2) is 5.82 Å². The topological polar surface area (TPSA) is 67.4 Å². The van der Waals surface area contributed by atoms with Crippen LogP contribution in [0, 0.1) is 11.3 Å². The number of aryl methyl sites for hydroxylation is 1. The van der Waals surface area contributed by atoms with Gasteiger partial charge in [0.1, 0.15) is 18.0 Å². The second-order valence-electron chi connectivity index (χ2n) is 4.75. The average molecular weight is 277 g/mol. The van der Waals surface area contributed by atoms with Crippen LogP contribution in [0.15, 0.2) is 30.6 Å². The van der Waals surface area contributed by atoms with E-state index in [0.717, 1.165) is 35.1 Å². The number of imidazole rings is 1. The Kier molecular flexibility index (Phi) is 3.36. The summed E-state index contributed by atoms with van der Waals surface area (Å²) in [5.41, 5.74) is 4.26. The molecule has 0 spiro atoms. The van der Waals surface area contributed by atoms with E-state index in [1.165, 1.54) is 0 Å². The maximum atomic E-state index is 9.57. The van der Waals surface area contributed by atoms with Crippen LogP contribution in [-0.4, -0.2) is 19.7 Å². The fourth-order valence-electron chi connectivity index (χ4n) is 2.58. The summed E-state index contributed by atoms with van der Waals surface area (Å²) in [4.78, 5) is 4.35. The van der Waals surface area contributed by atoms with Crippen molar-refractivity contribution in [3.8, 4) is 11.9 Å². The predicted molar refractivity (Wildman–Crippen MR) is 80.1 cm³/mol. The first-order valence-electron chi connectivity index (χ1n) is 7.01.